The van der Waals surface area contributed by atoms with Crippen molar-refractivity contribution in [1.29, 1.82) is 0 Å². The molecule has 0 amide bonds. The third-order valence-electron chi connectivity index (χ3n) is 26.7. The van der Waals surface area contributed by atoms with Gasteiger partial charge in [0.15, 0.2) is 0 Å². The largest absolute Gasteiger partial charge is 0.0656 e. The smallest absolute Gasteiger partial charge is 0.00130 e. The molecular weight excluding hydrogens is 1730 g/mol. The first kappa shape index (κ1) is 102. The minimum atomic E-state index is 1.06. The fourth-order valence-electron chi connectivity index (χ4n) is 20.8. The van der Waals surface area contributed by atoms with Gasteiger partial charge in [0.25, 0.3) is 0 Å². The van der Waals surface area contributed by atoms with Gasteiger partial charge in [0.2, 0.25) is 0 Å². The molecule has 0 heterocycles. The van der Waals surface area contributed by atoms with Crippen LogP contribution >= 0.6 is 0 Å². The zero-order valence-corrected chi connectivity index (χ0v) is 87.5. The average molecular weight is 1870 g/mol. The summed E-state index contributed by atoms with van der Waals surface area (Å²) in [5, 5.41) is 21.6. The Labute approximate surface area is 859 Å². The Morgan fingerprint density at radius 3 is 0.507 bits per heavy atom. The lowest BCUT2D eigenvalue weighted by Gasteiger charge is -2.09. The van der Waals surface area contributed by atoms with Gasteiger partial charge >= 0.3 is 0 Å². The monoisotopic (exact) mass is 1870 g/mol. The van der Waals surface area contributed by atoms with Gasteiger partial charge in [-0.2, -0.15) is 0 Å². The van der Waals surface area contributed by atoms with Crippen LogP contribution in [0.1, 0.15) is 220 Å². The Bertz CT molecular complexity index is 7630. The second kappa shape index (κ2) is 50.0. The lowest BCUT2D eigenvalue weighted by Crippen LogP contribution is -1.83. The van der Waals surface area contributed by atoms with E-state index in [0.717, 1.165) is 44.9 Å². The summed E-state index contributed by atoms with van der Waals surface area (Å²) in [6.07, 6.45) is 16.3. The Hall–Kier alpha value is -15.1. The van der Waals surface area contributed by atoms with E-state index < -0.39 is 0 Å². The molecule has 0 N–H and O–H groups in total. The molecule has 0 saturated carbocycles. The molecule has 144 heavy (non-hydrogen) atoms. The number of fused-ring (bicyclic) bond motifs is 33. The van der Waals surface area contributed by atoms with Crippen LogP contribution in [0.2, 0.25) is 0 Å². The van der Waals surface area contributed by atoms with Crippen molar-refractivity contribution in [3.63, 3.8) is 0 Å². The SMILES string of the molecule is CCC.CCC.CCC.CCC.CCC.CCC.CCC.c1ccc2c(c1)Cc1cc3ccccc3cc1-2.c1ccc2c(c1)Cc1cc3ccccc3cc1-2.c1ccc2c(c1)Cc1ccc3ccccc3c1-2.c1ccc2c(c1)Cc1ccc3ccccc3c1-2.c1ccc2c(c1)Cc1ccccc1-2.c1ccc2c3c(ccc2c1)Cc1ccc2ccccc2c1-3.c1ccc2cc3c(cc2c1)Cc1cc2ccccc2cc1-3. The highest BCUT2D eigenvalue weighted by Gasteiger charge is 2.27. The Morgan fingerprint density at radius 2 is 0.257 bits per heavy atom. The summed E-state index contributed by atoms with van der Waals surface area (Å²) >= 11 is 0. The molecule has 0 bridgehead atoms. The summed E-state index contributed by atoms with van der Waals surface area (Å²) in [5.41, 5.74) is 40.3. The van der Waals surface area contributed by atoms with E-state index in [-0.39, 0.29) is 0 Å². The molecule has 0 nitrogen and oxygen atoms in total. The van der Waals surface area contributed by atoms with Gasteiger partial charge in [-0.15, -0.1) is 0 Å². The first-order valence-electron chi connectivity index (χ1n) is 53.4. The van der Waals surface area contributed by atoms with Crippen LogP contribution in [0.3, 0.4) is 0 Å². The molecule has 0 heteroatoms. The van der Waals surface area contributed by atoms with Crippen molar-refractivity contribution in [2.45, 2.75) is 187 Å². The summed E-state index contributed by atoms with van der Waals surface area (Å²) in [6.45, 7) is 29.8. The minimum absolute atomic E-state index is 1.06. The third kappa shape index (κ3) is 23.1. The number of benzene rings is 22. The van der Waals surface area contributed by atoms with Gasteiger partial charge in [0.1, 0.15) is 0 Å². The standard InChI is InChI=1S/2C21H14.4C17H12.C13H10.7C3H8/c1-3-7-16-12-20-18(9-14(16)5-1)11-19-10-15-6-2-4-8-17(15)13-21(19)20;1-3-7-18-14(5-1)9-11-16-13-17-12-10-15-6-2-4-8-19(15)21(17)20(16)18;2*1-3-7-15-12(5-1)9-10-14-11-13-6-2-4-8-16(13)17(14)15;2*1-2-6-13-11-17-15(9-12(13)5-1)10-14-7-3-4-8-16(14)17;1-3-7-12-10(5-1)9-11-6-2-4-8-13(11)12;7*1-3-2/h1-10,12-13H,11H2;1-12H,13H2;2*1-10H,11H2;2*1-9,11H,10H2;1-8H,9H2;7*3H2,1-2H3. The quantitative estimate of drug-likeness (QED) is 0.142. The maximum absolute atomic E-state index is 2.36. The van der Waals surface area contributed by atoms with Crippen molar-refractivity contribution in [3.05, 3.63) is 515 Å². The van der Waals surface area contributed by atoms with E-state index in [1.165, 1.54) is 287 Å². The fourth-order valence-corrected chi connectivity index (χ4v) is 20.8. The summed E-state index contributed by atoms with van der Waals surface area (Å²) < 4.78 is 0. The average Bonchev–Trinajstić information content (AvgIpc) is 1.58. The lowest BCUT2D eigenvalue weighted by molar-refractivity contribution is 1.09. The van der Waals surface area contributed by atoms with Crippen LogP contribution in [0.4, 0.5) is 0 Å². The molecule has 0 saturated heterocycles. The molecule has 0 aromatic heterocycles. The van der Waals surface area contributed by atoms with Crippen LogP contribution in [0, 0.1) is 0 Å². The minimum Gasteiger partial charge on any atom is -0.0656 e. The predicted molar refractivity (Wildman–Crippen MR) is 635 cm³/mol. The van der Waals surface area contributed by atoms with Gasteiger partial charge in [0.05, 0.1) is 0 Å². The summed E-state index contributed by atoms with van der Waals surface area (Å²) in [7, 11) is 0. The van der Waals surface area contributed by atoms with Crippen molar-refractivity contribution in [2.75, 3.05) is 0 Å². The van der Waals surface area contributed by atoms with E-state index in [1.807, 2.05) is 0 Å². The molecule has 7 aliphatic rings. The Kier molecular flexibility index (Phi) is 35.4. The topological polar surface area (TPSA) is 0 Å². The summed E-state index contributed by atoms with van der Waals surface area (Å²) in [4.78, 5) is 0. The molecule has 0 unspecified atom stereocenters. The lowest BCUT2D eigenvalue weighted by atomic mass is 9.94. The number of hydrogen-bond acceptors (Lipinski definition) is 0. The molecular formula is C144H142. The van der Waals surface area contributed by atoms with E-state index in [1.54, 1.807) is 0 Å². The van der Waals surface area contributed by atoms with Crippen LogP contribution in [0.15, 0.2) is 437 Å². The maximum atomic E-state index is 2.36. The molecule has 718 valence electrons. The number of rotatable bonds is 0. The van der Waals surface area contributed by atoms with E-state index in [2.05, 4.69) is 534 Å². The van der Waals surface area contributed by atoms with Gasteiger partial charge in [-0.3, -0.25) is 0 Å². The van der Waals surface area contributed by atoms with Gasteiger partial charge < -0.3 is 0 Å². The van der Waals surface area contributed by atoms with E-state index in [4.69, 9.17) is 0 Å². The highest BCUT2D eigenvalue weighted by atomic mass is 14.3. The first-order chi connectivity index (χ1) is 70.8. The normalized spacial score (nSPS) is 11.5. The van der Waals surface area contributed by atoms with Crippen molar-refractivity contribution < 1.29 is 0 Å². The molecule has 0 radical (unpaired) electrons. The Morgan fingerprint density at radius 1 is 0.111 bits per heavy atom. The molecule has 0 atom stereocenters. The first-order valence-corrected chi connectivity index (χ1v) is 53.4. The molecule has 0 spiro atoms. The van der Waals surface area contributed by atoms with Crippen LogP contribution < -0.4 is 0 Å². The molecule has 22 aromatic rings. The van der Waals surface area contributed by atoms with Crippen molar-refractivity contribution in [2.24, 2.45) is 0 Å². The highest BCUT2D eigenvalue weighted by molar-refractivity contribution is 6.10. The van der Waals surface area contributed by atoms with Crippen molar-refractivity contribution in [3.8, 4) is 77.9 Å². The second-order valence-electron chi connectivity index (χ2n) is 38.8. The molecule has 0 aliphatic heterocycles. The number of hydrogen-bond donors (Lipinski definition) is 0. The van der Waals surface area contributed by atoms with Gasteiger partial charge in [-0.25, -0.2) is 0 Å². The molecule has 29 rings (SSSR count). The van der Waals surface area contributed by atoms with Crippen LogP contribution in [-0.4, -0.2) is 0 Å². The van der Waals surface area contributed by atoms with Crippen LogP contribution in [0.25, 0.3) is 164 Å². The molecule has 0 fully saturated rings. The van der Waals surface area contributed by atoms with E-state index in [9.17, 15) is 0 Å². The summed E-state index contributed by atoms with van der Waals surface area (Å²) in [6, 6.07) is 158. The van der Waals surface area contributed by atoms with Gasteiger partial charge in [0, 0.05) is 0 Å². The zero-order chi connectivity index (χ0) is 100. The molecule has 7 aliphatic carbocycles. The van der Waals surface area contributed by atoms with Gasteiger partial charge in [-0.1, -0.05) is 554 Å². The van der Waals surface area contributed by atoms with E-state index in [0.29, 0.717) is 0 Å². The van der Waals surface area contributed by atoms with Crippen molar-refractivity contribution in [1.82, 2.24) is 0 Å². The Balaban J connectivity index is 0.000000117. The summed E-state index contributed by atoms with van der Waals surface area (Å²) in [5.74, 6) is 0. The van der Waals surface area contributed by atoms with Crippen LogP contribution in [-0.2, 0) is 44.9 Å². The fraction of sp³-hybridized carbons (Fsp3) is 0.194. The predicted octanol–water partition coefficient (Wildman–Crippen LogP) is 41.9. The van der Waals surface area contributed by atoms with Gasteiger partial charge in [-0.05, 0) is 311 Å². The van der Waals surface area contributed by atoms with Crippen LogP contribution in [0.5, 0.6) is 0 Å². The van der Waals surface area contributed by atoms with Crippen molar-refractivity contribution >= 4 is 86.2 Å². The molecule has 22 aromatic carbocycles. The highest BCUT2D eigenvalue weighted by Crippen LogP contribution is 2.49. The van der Waals surface area contributed by atoms with E-state index >= 15 is 0 Å². The second-order valence-corrected chi connectivity index (χ2v) is 38.8. The zero-order valence-electron chi connectivity index (χ0n) is 87.5. The third-order valence-corrected chi connectivity index (χ3v) is 26.7. The maximum Gasteiger partial charge on any atom is -0.00130 e.